The quantitative estimate of drug-likeness (QED) is 0.458. The van der Waals surface area contributed by atoms with Crippen molar-refractivity contribution in [2.75, 3.05) is 12.4 Å². The average Bonchev–Trinajstić information content (AvgIpc) is 2.99. The zero-order valence-corrected chi connectivity index (χ0v) is 16.9. The van der Waals surface area contributed by atoms with Gasteiger partial charge in [0.05, 0.1) is 23.7 Å². The first kappa shape index (κ1) is 20.1. The summed E-state index contributed by atoms with van der Waals surface area (Å²) in [5.74, 6) is -1.04. The second kappa shape index (κ2) is 8.55. The largest absolute Gasteiger partial charge is 0.464 e. The van der Waals surface area contributed by atoms with Gasteiger partial charge in [0, 0.05) is 6.20 Å². The molecule has 0 atom stereocenters. The molecule has 0 radical (unpaired) electrons. The smallest absolute Gasteiger partial charge is 0.358 e. The number of pyridine rings is 1. The number of aromatic nitrogens is 3. The number of imidazole rings is 1. The molecule has 0 saturated carbocycles. The second-order valence-corrected chi connectivity index (χ2v) is 6.85. The molecule has 0 spiro atoms. The fourth-order valence-corrected chi connectivity index (χ4v) is 3.09. The van der Waals surface area contributed by atoms with Crippen molar-refractivity contribution in [2.24, 2.45) is 0 Å². The van der Waals surface area contributed by atoms with Crippen LogP contribution in [-0.2, 0) is 11.3 Å². The van der Waals surface area contributed by atoms with E-state index in [2.05, 4.69) is 15.3 Å². The average molecular weight is 437 g/mol. The van der Waals surface area contributed by atoms with Gasteiger partial charge in [0.25, 0.3) is 5.91 Å². The Hall–Kier alpha value is -2.68. The normalized spacial score (nSPS) is 10.5. The van der Waals surface area contributed by atoms with E-state index in [-0.39, 0.29) is 28.5 Å². The van der Waals surface area contributed by atoms with Crippen LogP contribution in [0.2, 0.25) is 10.0 Å². The third-order valence-corrected chi connectivity index (χ3v) is 4.88. The van der Waals surface area contributed by atoms with Crippen molar-refractivity contribution < 1.29 is 14.3 Å². The molecule has 144 valence electrons. The molecule has 2 heterocycles. The number of rotatable bonds is 5. The summed E-state index contributed by atoms with van der Waals surface area (Å²) in [6, 6.07) is 10.0. The highest BCUT2D eigenvalue weighted by molar-refractivity contribution is 7.71. The maximum absolute atomic E-state index is 12.4. The van der Waals surface area contributed by atoms with Crippen molar-refractivity contribution in [2.45, 2.75) is 6.54 Å². The number of carbonyl (C=O) groups excluding carboxylic acids is 2. The second-order valence-electron chi connectivity index (χ2n) is 5.65. The number of carbonyl (C=O) groups is 2. The maximum atomic E-state index is 12.4. The number of amides is 1. The molecule has 1 aromatic carbocycles. The minimum absolute atomic E-state index is 0.0721. The van der Waals surface area contributed by atoms with E-state index < -0.39 is 11.9 Å². The van der Waals surface area contributed by atoms with Gasteiger partial charge in [0.15, 0.2) is 10.5 Å². The van der Waals surface area contributed by atoms with E-state index in [1.54, 1.807) is 36.4 Å². The SMILES string of the molecule is COC(=O)c1c(NC(=O)c2ccccn2)[nH]c(=S)n1Cc1ccc(Cl)c(Cl)c1. The summed E-state index contributed by atoms with van der Waals surface area (Å²) in [7, 11) is 1.24. The van der Waals surface area contributed by atoms with Crippen LogP contribution in [0.3, 0.4) is 0 Å². The Kier molecular flexibility index (Phi) is 6.13. The molecule has 0 fully saturated rings. The molecule has 0 unspecified atom stereocenters. The number of H-pyrrole nitrogens is 1. The Balaban J connectivity index is 1.99. The number of anilines is 1. The van der Waals surface area contributed by atoms with Gasteiger partial charge < -0.3 is 19.6 Å². The van der Waals surface area contributed by atoms with Crippen LogP contribution >= 0.6 is 35.4 Å². The third kappa shape index (κ3) is 4.24. The minimum atomic E-state index is -0.663. The number of nitrogens with zero attached hydrogens (tertiary/aromatic N) is 2. The molecule has 0 saturated heterocycles. The van der Waals surface area contributed by atoms with Crippen LogP contribution in [0.15, 0.2) is 42.6 Å². The molecule has 10 heteroatoms. The summed E-state index contributed by atoms with van der Waals surface area (Å²) in [6.45, 7) is 0.218. The fourth-order valence-electron chi connectivity index (χ4n) is 2.52. The van der Waals surface area contributed by atoms with E-state index in [9.17, 15) is 9.59 Å². The van der Waals surface area contributed by atoms with Crippen LogP contribution in [-0.4, -0.2) is 33.5 Å². The van der Waals surface area contributed by atoms with E-state index in [1.807, 2.05) is 0 Å². The van der Waals surface area contributed by atoms with E-state index in [4.69, 9.17) is 40.2 Å². The number of halogens is 2. The van der Waals surface area contributed by atoms with E-state index in [1.165, 1.54) is 17.9 Å². The van der Waals surface area contributed by atoms with Crippen molar-refractivity contribution in [3.63, 3.8) is 0 Å². The first-order chi connectivity index (χ1) is 13.4. The van der Waals surface area contributed by atoms with Crippen LogP contribution in [0, 0.1) is 4.77 Å². The van der Waals surface area contributed by atoms with Gasteiger partial charge in [-0.3, -0.25) is 9.78 Å². The van der Waals surface area contributed by atoms with Gasteiger partial charge >= 0.3 is 5.97 Å². The van der Waals surface area contributed by atoms with Crippen molar-refractivity contribution in [3.8, 4) is 0 Å². The molecule has 0 bridgehead atoms. The van der Waals surface area contributed by atoms with Crippen molar-refractivity contribution in [1.82, 2.24) is 14.5 Å². The molecule has 0 aliphatic carbocycles. The Morgan fingerprint density at radius 1 is 1.25 bits per heavy atom. The lowest BCUT2D eigenvalue weighted by Crippen LogP contribution is -2.18. The van der Waals surface area contributed by atoms with Crippen LogP contribution in [0.5, 0.6) is 0 Å². The Labute approximate surface area is 175 Å². The Morgan fingerprint density at radius 2 is 2.04 bits per heavy atom. The lowest BCUT2D eigenvalue weighted by atomic mass is 10.2. The summed E-state index contributed by atoms with van der Waals surface area (Å²) < 4.78 is 6.59. The van der Waals surface area contributed by atoms with Gasteiger partial charge in [0.2, 0.25) is 0 Å². The maximum Gasteiger partial charge on any atom is 0.358 e. The first-order valence-corrected chi connectivity index (χ1v) is 9.14. The topological polar surface area (TPSA) is 89.0 Å². The van der Waals surface area contributed by atoms with Gasteiger partial charge in [-0.05, 0) is 42.0 Å². The molecule has 3 aromatic rings. The standard InChI is InChI=1S/C18H14Cl2N4O3S/c1-27-17(26)14-15(22-16(25)13-4-2-3-7-21-13)23-18(28)24(14)9-10-5-6-11(19)12(20)8-10/h2-8H,9H2,1H3,(H,22,25)(H,23,28). The first-order valence-electron chi connectivity index (χ1n) is 7.98. The summed E-state index contributed by atoms with van der Waals surface area (Å²) in [5, 5.41) is 3.41. The number of aromatic amines is 1. The third-order valence-electron chi connectivity index (χ3n) is 3.82. The number of hydrogen-bond donors (Lipinski definition) is 2. The summed E-state index contributed by atoms with van der Waals surface area (Å²) >= 11 is 17.3. The van der Waals surface area contributed by atoms with Gasteiger partial charge in [-0.15, -0.1) is 0 Å². The molecule has 28 heavy (non-hydrogen) atoms. The van der Waals surface area contributed by atoms with Gasteiger partial charge in [0.1, 0.15) is 11.5 Å². The number of ether oxygens (including phenoxy) is 1. The van der Waals surface area contributed by atoms with Crippen LogP contribution < -0.4 is 5.32 Å². The number of hydrogen-bond acceptors (Lipinski definition) is 5. The minimum Gasteiger partial charge on any atom is -0.464 e. The van der Waals surface area contributed by atoms with E-state index >= 15 is 0 Å². The Bertz CT molecular complexity index is 1100. The predicted octanol–water partition coefficient (Wildman–Crippen LogP) is 4.33. The lowest BCUT2D eigenvalue weighted by molar-refractivity contribution is 0.0590. The predicted molar refractivity (Wildman–Crippen MR) is 109 cm³/mol. The van der Waals surface area contributed by atoms with Gasteiger partial charge in [-0.1, -0.05) is 35.3 Å². The number of esters is 1. The van der Waals surface area contributed by atoms with Gasteiger partial charge in [-0.25, -0.2) is 4.79 Å². The molecule has 1 amide bonds. The van der Waals surface area contributed by atoms with E-state index in [0.29, 0.717) is 10.0 Å². The number of benzene rings is 1. The fraction of sp³-hybridized carbons (Fsp3) is 0.111. The van der Waals surface area contributed by atoms with Crippen molar-refractivity contribution >= 4 is 53.1 Å². The highest BCUT2D eigenvalue weighted by Crippen LogP contribution is 2.24. The van der Waals surface area contributed by atoms with Crippen LogP contribution in [0.1, 0.15) is 26.5 Å². The zero-order chi connectivity index (χ0) is 20.3. The molecule has 2 N–H and O–H groups in total. The number of nitrogens with one attached hydrogen (secondary N) is 2. The van der Waals surface area contributed by atoms with Gasteiger partial charge in [-0.2, -0.15) is 0 Å². The monoisotopic (exact) mass is 436 g/mol. The van der Waals surface area contributed by atoms with Crippen molar-refractivity contribution in [1.29, 1.82) is 0 Å². The zero-order valence-electron chi connectivity index (χ0n) is 14.5. The summed E-state index contributed by atoms with van der Waals surface area (Å²) in [5.41, 5.74) is 1.02. The van der Waals surface area contributed by atoms with Crippen LogP contribution in [0.4, 0.5) is 5.82 Å². The molecule has 7 nitrogen and oxygen atoms in total. The highest BCUT2D eigenvalue weighted by atomic mass is 35.5. The summed E-state index contributed by atoms with van der Waals surface area (Å²) in [4.78, 5) is 31.6. The molecule has 2 aromatic heterocycles. The molecular weight excluding hydrogens is 423 g/mol. The molecule has 0 aliphatic rings. The lowest BCUT2D eigenvalue weighted by Gasteiger charge is -2.10. The molecule has 3 rings (SSSR count). The highest BCUT2D eigenvalue weighted by Gasteiger charge is 2.23. The number of methoxy groups -OCH3 is 1. The van der Waals surface area contributed by atoms with Crippen molar-refractivity contribution in [3.05, 3.63) is 74.4 Å². The molecular formula is C18H14Cl2N4O3S. The van der Waals surface area contributed by atoms with Crippen LogP contribution in [0.25, 0.3) is 0 Å². The molecule has 0 aliphatic heterocycles. The van der Waals surface area contributed by atoms with E-state index in [0.717, 1.165) is 5.56 Å². The Morgan fingerprint density at radius 3 is 2.68 bits per heavy atom. The summed E-state index contributed by atoms with van der Waals surface area (Å²) in [6.07, 6.45) is 1.49.